The second-order valence-electron chi connectivity index (χ2n) is 7.28. The Hall–Kier alpha value is -1.94. The molecule has 1 aromatic carbocycles. The van der Waals surface area contributed by atoms with E-state index in [1.807, 2.05) is 30.3 Å². The van der Waals surface area contributed by atoms with Gasteiger partial charge < -0.3 is 30.2 Å². The summed E-state index contributed by atoms with van der Waals surface area (Å²) < 4.78 is 10.5. The van der Waals surface area contributed by atoms with Crippen LogP contribution in [0.3, 0.4) is 0 Å². The summed E-state index contributed by atoms with van der Waals surface area (Å²) in [7, 11) is -0.266. The summed E-state index contributed by atoms with van der Waals surface area (Å²) in [5, 5.41) is 24.6. The van der Waals surface area contributed by atoms with Crippen molar-refractivity contribution in [3.05, 3.63) is 35.9 Å². The molecular formula is C20H31BN2O6. The van der Waals surface area contributed by atoms with Crippen LogP contribution in [0, 0.1) is 0 Å². The lowest BCUT2D eigenvalue weighted by Crippen LogP contribution is -2.56. The van der Waals surface area contributed by atoms with E-state index >= 15 is 0 Å². The lowest BCUT2D eigenvalue weighted by molar-refractivity contribution is -0.139. The third-order valence-corrected chi connectivity index (χ3v) is 4.95. The summed E-state index contributed by atoms with van der Waals surface area (Å²) >= 11 is 0. The molecule has 3 atom stereocenters. The van der Waals surface area contributed by atoms with E-state index in [0.29, 0.717) is 25.9 Å². The van der Waals surface area contributed by atoms with Crippen molar-refractivity contribution in [3.8, 4) is 0 Å². The second kappa shape index (κ2) is 12.6. The molecule has 2 amide bonds. The van der Waals surface area contributed by atoms with Gasteiger partial charge in [0.25, 0.3) is 0 Å². The lowest BCUT2D eigenvalue weighted by Gasteiger charge is -2.26. The number of hydrogen-bond acceptors (Lipinski definition) is 6. The van der Waals surface area contributed by atoms with Gasteiger partial charge in [0.05, 0.1) is 12.5 Å². The highest BCUT2D eigenvalue weighted by molar-refractivity contribution is 6.43. The van der Waals surface area contributed by atoms with Gasteiger partial charge in [-0.1, -0.05) is 30.3 Å². The molecular weight excluding hydrogens is 375 g/mol. The van der Waals surface area contributed by atoms with Crippen LogP contribution in [-0.4, -0.2) is 67.4 Å². The Morgan fingerprint density at radius 3 is 2.62 bits per heavy atom. The maximum atomic E-state index is 12.6. The summed E-state index contributed by atoms with van der Waals surface area (Å²) in [5.74, 6) is -1.71. The molecule has 1 saturated heterocycles. The lowest BCUT2D eigenvalue weighted by atomic mass is 9.76. The largest absolute Gasteiger partial charge is 0.475 e. The minimum atomic E-state index is -1.70. The molecule has 0 bridgehead atoms. The molecule has 29 heavy (non-hydrogen) atoms. The number of carbonyl (C=O) groups is 2. The Kier molecular flexibility index (Phi) is 10.1. The number of aryl methyl sites for hydroxylation is 1. The van der Waals surface area contributed by atoms with Gasteiger partial charge in [0.1, 0.15) is 12.1 Å². The van der Waals surface area contributed by atoms with Crippen molar-refractivity contribution < 1.29 is 29.1 Å². The third-order valence-electron chi connectivity index (χ3n) is 4.95. The zero-order valence-corrected chi connectivity index (χ0v) is 16.9. The minimum absolute atomic E-state index is 0.0252. The highest BCUT2D eigenvalue weighted by Crippen LogP contribution is 2.13. The van der Waals surface area contributed by atoms with E-state index in [4.69, 9.17) is 9.47 Å². The number of ether oxygens (including phenoxy) is 2. The topological polar surface area (TPSA) is 117 Å². The van der Waals surface area contributed by atoms with Gasteiger partial charge in [0.15, 0.2) is 0 Å². The molecule has 8 nitrogen and oxygen atoms in total. The quantitative estimate of drug-likeness (QED) is 0.391. The molecule has 2 unspecified atom stereocenters. The smallest absolute Gasteiger partial charge is 0.426 e. The van der Waals surface area contributed by atoms with Gasteiger partial charge in [-0.05, 0) is 44.1 Å². The number of amides is 2. The van der Waals surface area contributed by atoms with Gasteiger partial charge in [-0.3, -0.25) is 9.59 Å². The Morgan fingerprint density at radius 2 is 2.00 bits per heavy atom. The van der Waals surface area contributed by atoms with Gasteiger partial charge in [0.2, 0.25) is 11.8 Å². The van der Waals surface area contributed by atoms with Crippen LogP contribution in [0.4, 0.5) is 0 Å². The van der Waals surface area contributed by atoms with E-state index in [9.17, 15) is 19.6 Å². The average molecular weight is 406 g/mol. The van der Waals surface area contributed by atoms with Gasteiger partial charge in [-0.2, -0.15) is 0 Å². The summed E-state index contributed by atoms with van der Waals surface area (Å²) in [6, 6.07) is 8.90. The molecule has 0 radical (unpaired) electrons. The predicted octanol–water partition coefficient (Wildman–Crippen LogP) is 0.206. The first-order valence-corrected chi connectivity index (χ1v) is 10.1. The Bertz CT molecular complexity index is 625. The standard InChI is InChI=1S/C20H31BN2O6/c1-28-14-16(22-20(25)17-11-5-6-13-29-17)19(24)23-18(21(26)27)12-7-10-15-8-3-2-4-9-15/h2-4,8-9,16-18,26-27H,5-7,10-14H2,1H3,(H,22,25)(H,23,24)/t16?,17-,18?/m1/s1. The fourth-order valence-corrected chi connectivity index (χ4v) is 3.31. The molecule has 0 spiro atoms. The number of hydrogen-bond donors (Lipinski definition) is 4. The van der Waals surface area contributed by atoms with E-state index < -0.39 is 31.1 Å². The number of nitrogens with one attached hydrogen (secondary N) is 2. The van der Waals surface area contributed by atoms with E-state index in [0.717, 1.165) is 24.8 Å². The zero-order valence-electron chi connectivity index (χ0n) is 16.9. The van der Waals surface area contributed by atoms with Crippen LogP contribution >= 0.6 is 0 Å². The van der Waals surface area contributed by atoms with Crippen molar-refractivity contribution in [2.24, 2.45) is 0 Å². The normalized spacial score (nSPS) is 18.5. The highest BCUT2D eigenvalue weighted by atomic mass is 16.5. The molecule has 1 heterocycles. The van der Waals surface area contributed by atoms with Crippen molar-refractivity contribution in [3.63, 3.8) is 0 Å². The van der Waals surface area contributed by atoms with E-state index in [1.165, 1.54) is 7.11 Å². The molecule has 1 aliphatic heterocycles. The van der Waals surface area contributed by atoms with Gasteiger partial charge in [0, 0.05) is 13.7 Å². The Balaban J connectivity index is 1.87. The Morgan fingerprint density at radius 1 is 1.24 bits per heavy atom. The predicted molar refractivity (Wildman–Crippen MR) is 109 cm³/mol. The maximum Gasteiger partial charge on any atom is 0.475 e. The molecule has 0 aliphatic carbocycles. The highest BCUT2D eigenvalue weighted by Gasteiger charge is 2.31. The number of rotatable bonds is 11. The van der Waals surface area contributed by atoms with E-state index in [2.05, 4.69) is 10.6 Å². The minimum Gasteiger partial charge on any atom is -0.426 e. The van der Waals surface area contributed by atoms with Gasteiger partial charge >= 0.3 is 7.12 Å². The van der Waals surface area contributed by atoms with Gasteiger partial charge in [-0.25, -0.2) is 0 Å². The van der Waals surface area contributed by atoms with Crippen molar-refractivity contribution in [1.82, 2.24) is 10.6 Å². The van der Waals surface area contributed by atoms with Crippen molar-refractivity contribution in [1.29, 1.82) is 0 Å². The number of benzene rings is 1. The molecule has 9 heteroatoms. The average Bonchev–Trinajstić information content (AvgIpc) is 2.73. The SMILES string of the molecule is COCC(NC(=O)[C@H]1CCCCO1)C(=O)NC(CCCc1ccccc1)B(O)O. The van der Waals surface area contributed by atoms with E-state index in [-0.39, 0.29) is 12.5 Å². The number of methoxy groups -OCH3 is 1. The molecule has 0 aromatic heterocycles. The maximum absolute atomic E-state index is 12.6. The van der Waals surface area contributed by atoms with Crippen LogP contribution in [-0.2, 0) is 25.5 Å². The first-order chi connectivity index (χ1) is 14.0. The van der Waals surface area contributed by atoms with Crippen molar-refractivity contribution >= 4 is 18.9 Å². The summed E-state index contributed by atoms with van der Waals surface area (Å²) in [4.78, 5) is 25.0. The van der Waals surface area contributed by atoms with Crippen LogP contribution in [0.1, 0.15) is 37.7 Å². The monoisotopic (exact) mass is 406 g/mol. The third kappa shape index (κ3) is 8.14. The van der Waals surface area contributed by atoms with E-state index in [1.54, 1.807) is 0 Å². The van der Waals surface area contributed by atoms with Crippen molar-refractivity contribution in [2.45, 2.75) is 56.6 Å². The first-order valence-electron chi connectivity index (χ1n) is 10.1. The fourth-order valence-electron chi connectivity index (χ4n) is 3.31. The van der Waals surface area contributed by atoms with Crippen LogP contribution in [0.2, 0.25) is 0 Å². The van der Waals surface area contributed by atoms with Crippen LogP contribution in [0.15, 0.2) is 30.3 Å². The molecule has 4 N–H and O–H groups in total. The van der Waals surface area contributed by atoms with Crippen molar-refractivity contribution in [2.75, 3.05) is 20.3 Å². The van der Waals surface area contributed by atoms with Crippen LogP contribution < -0.4 is 10.6 Å². The molecule has 2 rings (SSSR count). The van der Waals surface area contributed by atoms with Gasteiger partial charge in [-0.15, -0.1) is 0 Å². The van der Waals surface area contributed by atoms with Crippen LogP contribution in [0.5, 0.6) is 0 Å². The fraction of sp³-hybridized carbons (Fsp3) is 0.600. The number of carbonyl (C=O) groups excluding carboxylic acids is 2. The molecule has 0 saturated carbocycles. The summed E-state index contributed by atoms with van der Waals surface area (Å²) in [6.07, 6.45) is 3.69. The second-order valence-corrected chi connectivity index (χ2v) is 7.28. The molecule has 1 aliphatic rings. The zero-order chi connectivity index (χ0) is 21.1. The molecule has 1 aromatic rings. The Labute approximate surface area is 172 Å². The molecule has 160 valence electrons. The first kappa shape index (κ1) is 23.3. The molecule has 1 fully saturated rings. The summed E-state index contributed by atoms with van der Waals surface area (Å²) in [5.41, 5.74) is 1.14. The van der Waals surface area contributed by atoms with Crippen LogP contribution in [0.25, 0.3) is 0 Å². The summed E-state index contributed by atoms with van der Waals surface area (Å²) in [6.45, 7) is 0.502.